The van der Waals surface area contributed by atoms with Crippen LogP contribution in [0.5, 0.6) is 5.75 Å². The van der Waals surface area contributed by atoms with Crippen molar-refractivity contribution in [3.63, 3.8) is 0 Å². The third-order valence-corrected chi connectivity index (χ3v) is 3.19. The number of hydrogen-bond acceptors (Lipinski definition) is 3. The molecule has 0 unspecified atom stereocenters. The zero-order valence-corrected chi connectivity index (χ0v) is 12.4. The Morgan fingerprint density at radius 2 is 1.86 bits per heavy atom. The lowest BCUT2D eigenvalue weighted by molar-refractivity contribution is 0.416. The lowest BCUT2D eigenvalue weighted by Gasteiger charge is -2.13. The Bertz CT molecular complexity index is 704. The second-order valence-corrected chi connectivity index (χ2v) is 4.92. The highest BCUT2D eigenvalue weighted by atomic mass is 32.1. The van der Waals surface area contributed by atoms with E-state index in [0.29, 0.717) is 11.4 Å². The Hall–Kier alpha value is -2.21. The van der Waals surface area contributed by atoms with Crippen LogP contribution in [0, 0.1) is 18.6 Å². The van der Waals surface area contributed by atoms with E-state index in [1.165, 1.54) is 19.2 Å². The fourth-order valence-corrected chi connectivity index (χ4v) is 2.06. The van der Waals surface area contributed by atoms with E-state index in [4.69, 9.17) is 10.5 Å². The lowest BCUT2D eigenvalue weighted by Crippen LogP contribution is -2.13. The van der Waals surface area contributed by atoms with Gasteiger partial charge in [-0.15, -0.1) is 0 Å². The number of hydrogen-bond donors (Lipinski definition) is 2. The molecule has 0 heterocycles. The van der Waals surface area contributed by atoms with Crippen LogP contribution in [0.4, 0.5) is 20.2 Å². The molecule has 21 heavy (non-hydrogen) atoms. The highest BCUT2D eigenvalue weighted by molar-refractivity contribution is 7.80. The third kappa shape index (κ3) is 3.11. The molecule has 0 saturated carbocycles. The average molecular weight is 308 g/mol. The molecule has 0 atom stereocenters. The van der Waals surface area contributed by atoms with Gasteiger partial charge in [-0.25, -0.2) is 8.78 Å². The Morgan fingerprint density at radius 3 is 2.48 bits per heavy atom. The standard InChI is InChI=1S/C15H14F2N2OS/c1-8-3-6-12(20-2)11(7-8)19-10-5-4-9(15(18)21)13(16)14(10)17/h3-7,19H,1-2H3,(H2,18,21). The van der Waals surface area contributed by atoms with Crippen molar-refractivity contribution in [3.8, 4) is 5.75 Å². The van der Waals surface area contributed by atoms with E-state index in [1.54, 1.807) is 12.1 Å². The first-order valence-electron chi connectivity index (χ1n) is 6.13. The number of rotatable bonds is 4. The summed E-state index contributed by atoms with van der Waals surface area (Å²) in [5.41, 5.74) is 6.70. The Labute approximate surface area is 126 Å². The van der Waals surface area contributed by atoms with E-state index in [9.17, 15) is 8.78 Å². The maximum Gasteiger partial charge on any atom is 0.182 e. The number of nitrogens with one attached hydrogen (secondary N) is 1. The molecular weight excluding hydrogens is 294 g/mol. The second kappa shape index (κ2) is 6.05. The van der Waals surface area contributed by atoms with Crippen molar-refractivity contribution < 1.29 is 13.5 Å². The molecule has 2 aromatic rings. The predicted molar refractivity (Wildman–Crippen MR) is 83.3 cm³/mol. The number of benzene rings is 2. The lowest BCUT2D eigenvalue weighted by atomic mass is 10.1. The number of halogens is 2. The minimum Gasteiger partial charge on any atom is -0.495 e. The highest BCUT2D eigenvalue weighted by Crippen LogP contribution is 2.30. The first-order valence-corrected chi connectivity index (χ1v) is 6.54. The molecule has 2 aromatic carbocycles. The van der Waals surface area contributed by atoms with Gasteiger partial charge in [-0.3, -0.25) is 0 Å². The van der Waals surface area contributed by atoms with Crippen LogP contribution >= 0.6 is 12.2 Å². The van der Waals surface area contributed by atoms with Gasteiger partial charge in [-0.05, 0) is 36.8 Å². The van der Waals surface area contributed by atoms with E-state index in [-0.39, 0.29) is 16.2 Å². The predicted octanol–water partition coefficient (Wildman–Crippen LogP) is 3.66. The van der Waals surface area contributed by atoms with Crippen LogP contribution < -0.4 is 15.8 Å². The molecule has 0 aliphatic heterocycles. The summed E-state index contributed by atoms with van der Waals surface area (Å²) in [4.78, 5) is -0.189. The molecule has 0 saturated heterocycles. The summed E-state index contributed by atoms with van der Waals surface area (Å²) >= 11 is 4.67. The summed E-state index contributed by atoms with van der Waals surface area (Å²) in [6.45, 7) is 1.89. The zero-order chi connectivity index (χ0) is 15.6. The molecule has 3 nitrogen and oxygen atoms in total. The van der Waals surface area contributed by atoms with E-state index in [0.717, 1.165) is 5.56 Å². The molecule has 0 spiro atoms. The second-order valence-electron chi connectivity index (χ2n) is 4.48. The van der Waals surface area contributed by atoms with Gasteiger partial charge in [0.2, 0.25) is 0 Å². The Balaban J connectivity index is 2.43. The molecule has 2 rings (SSSR count). The molecule has 0 amide bonds. The molecule has 3 N–H and O–H groups in total. The summed E-state index contributed by atoms with van der Waals surface area (Å²) in [5, 5.41) is 2.82. The van der Waals surface area contributed by atoms with Crippen molar-refractivity contribution in [2.24, 2.45) is 5.73 Å². The minimum absolute atomic E-state index is 0.0172. The van der Waals surface area contributed by atoms with Crippen molar-refractivity contribution in [3.05, 3.63) is 53.1 Å². The fraction of sp³-hybridized carbons (Fsp3) is 0.133. The zero-order valence-electron chi connectivity index (χ0n) is 11.5. The Morgan fingerprint density at radius 1 is 1.14 bits per heavy atom. The number of thiocarbonyl (C=S) groups is 1. The van der Waals surface area contributed by atoms with Crippen LogP contribution in [-0.2, 0) is 0 Å². The SMILES string of the molecule is COc1ccc(C)cc1Nc1ccc(C(N)=S)c(F)c1F. The van der Waals surface area contributed by atoms with Crippen molar-refractivity contribution in [1.82, 2.24) is 0 Å². The van der Waals surface area contributed by atoms with Gasteiger partial charge in [0.25, 0.3) is 0 Å². The molecule has 0 fully saturated rings. The smallest absolute Gasteiger partial charge is 0.182 e. The van der Waals surface area contributed by atoms with Crippen LogP contribution in [0.2, 0.25) is 0 Å². The van der Waals surface area contributed by atoms with Gasteiger partial charge in [0.05, 0.1) is 18.5 Å². The Kier molecular flexibility index (Phi) is 4.37. The van der Waals surface area contributed by atoms with Crippen LogP contribution in [0.3, 0.4) is 0 Å². The summed E-state index contributed by atoms with van der Waals surface area (Å²) in [6.07, 6.45) is 0. The van der Waals surface area contributed by atoms with Gasteiger partial charge in [-0.2, -0.15) is 0 Å². The maximum absolute atomic E-state index is 14.1. The molecule has 0 aliphatic rings. The fourth-order valence-electron chi connectivity index (χ4n) is 1.90. The number of anilines is 2. The van der Waals surface area contributed by atoms with Crippen molar-refractivity contribution in [2.75, 3.05) is 12.4 Å². The molecule has 0 aliphatic carbocycles. The monoisotopic (exact) mass is 308 g/mol. The third-order valence-electron chi connectivity index (χ3n) is 2.97. The largest absolute Gasteiger partial charge is 0.495 e. The normalized spacial score (nSPS) is 10.3. The van der Waals surface area contributed by atoms with Gasteiger partial charge in [0.1, 0.15) is 10.7 Å². The first kappa shape index (κ1) is 15.2. The molecule has 0 aromatic heterocycles. The average Bonchev–Trinajstić information content (AvgIpc) is 2.44. The van der Waals surface area contributed by atoms with E-state index < -0.39 is 11.6 Å². The number of nitrogens with two attached hydrogens (primary N) is 1. The maximum atomic E-state index is 14.1. The van der Waals surface area contributed by atoms with Crippen molar-refractivity contribution >= 4 is 28.6 Å². The first-order chi connectivity index (χ1) is 9.93. The molecule has 6 heteroatoms. The van der Waals surface area contributed by atoms with E-state index in [2.05, 4.69) is 17.5 Å². The molecule has 0 bridgehead atoms. The molecule has 110 valence electrons. The summed E-state index contributed by atoms with van der Waals surface area (Å²) in [7, 11) is 1.50. The van der Waals surface area contributed by atoms with Gasteiger partial charge in [0, 0.05) is 5.56 Å². The number of ether oxygens (including phenoxy) is 1. The van der Waals surface area contributed by atoms with Crippen LogP contribution in [0.1, 0.15) is 11.1 Å². The topological polar surface area (TPSA) is 47.3 Å². The summed E-state index contributed by atoms with van der Waals surface area (Å²) < 4.78 is 33.1. The molecule has 0 radical (unpaired) electrons. The van der Waals surface area contributed by atoms with Crippen molar-refractivity contribution in [1.29, 1.82) is 0 Å². The van der Waals surface area contributed by atoms with Crippen molar-refractivity contribution in [2.45, 2.75) is 6.92 Å². The summed E-state index contributed by atoms with van der Waals surface area (Å²) in [6, 6.07) is 8.10. The van der Waals surface area contributed by atoms with Crippen LogP contribution in [-0.4, -0.2) is 12.1 Å². The van der Waals surface area contributed by atoms with Crippen LogP contribution in [0.25, 0.3) is 0 Å². The molecular formula is C15H14F2N2OS. The van der Waals surface area contributed by atoms with Gasteiger partial charge in [-0.1, -0.05) is 18.3 Å². The highest BCUT2D eigenvalue weighted by Gasteiger charge is 2.16. The summed E-state index contributed by atoms with van der Waals surface area (Å²) in [5.74, 6) is -1.58. The van der Waals surface area contributed by atoms with Crippen LogP contribution in [0.15, 0.2) is 30.3 Å². The quantitative estimate of drug-likeness (QED) is 0.846. The van der Waals surface area contributed by atoms with E-state index in [1.807, 2.05) is 13.0 Å². The minimum atomic E-state index is -1.07. The van der Waals surface area contributed by atoms with Gasteiger partial charge >= 0.3 is 0 Å². The number of aryl methyl sites for hydroxylation is 1. The van der Waals surface area contributed by atoms with Gasteiger partial charge < -0.3 is 15.8 Å². The van der Waals surface area contributed by atoms with E-state index >= 15 is 0 Å². The number of methoxy groups -OCH3 is 1. The van der Waals surface area contributed by atoms with Gasteiger partial charge in [0.15, 0.2) is 11.6 Å².